The Hall–Kier alpha value is -1.98. The van der Waals surface area contributed by atoms with Crippen molar-refractivity contribution in [3.8, 4) is 11.8 Å². The Bertz CT molecular complexity index is 517. The Kier molecular flexibility index (Phi) is 4.22. The van der Waals surface area contributed by atoms with E-state index in [1.165, 1.54) is 0 Å². The van der Waals surface area contributed by atoms with Crippen LogP contribution in [-0.2, 0) is 13.0 Å². The number of benzene rings is 1. The van der Waals surface area contributed by atoms with Crippen molar-refractivity contribution in [3.05, 3.63) is 47.8 Å². The van der Waals surface area contributed by atoms with Crippen LogP contribution < -0.4 is 10.5 Å². The standard InChI is InChI=1S/C13H15N3O2/c14-9-11-5-7-15-13(16-11)18-12-4-2-1-3-10(12)6-8-17/h1-5,7,17H,6,8-9,14H2. The summed E-state index contributed by atoms with van der Waals surface area (Å²) in [6, 6.07) is 9.50. The topological polar surface area (TPSA) is 81.3 Å². The van der Waals surface area contributed by atoms with Crippen LogP contribution in [0.25, 0.3) is 0 Å². The molecule has 1 aromatic heterocycles. The van der Waals surface area contributed by atoms with Crippen LogP contribution in [0.1, 0.15) is 11.3 Å². The van der Waals surface area contributed by atoms with Crippen LogP contribution in [0.3, 0.4) is 0 Å². The van der Waals surface area contributed by atoms with Crippen molar-refractivity contribution in [2.45, 2.75) is 13.0 Å². The molecule has 0 aliphatic heterocycles. The Balaban J connectivity index is 2.22. The summed E-state index contributed by atoms with van der Waals surface area (Å²) < 4.78 is 5.62. The first-order chi connectivity index (χ1) is 8.83. The van der Waals surface area contributed by atoms with E-state index in [0.717, 1.165) is 11.3 Å². The summed E-state index contributed by atoms with van der Waals surface area (Å²) in [4.78, 5) is 8.20. The van der Waals surface area contributed by atoms with Gasteiger partial charge in [0.2, 0.25) is 0 Å². The number of para-hydroxylation sites is 1. The molecule has 0 unspecified atom stereocenters. The Morgan fingerprint density at radius 2 is 2.06 bits per heavy atom. The summed E-state index contributed by atoms with van der Waals surface area (Å²) >= 11 is 0. The van der Waals surface area contributed by atoms with Crippen LogP contribution in [-0.4, -0.2) is 21.7 Å². The van der Waals surface area contributed by atoms with Gasteiger partial charge in [0, 0.05) is 19.3 Å². The zero-order chi connectivity index (χ0) is 12.8. The molecule has 0 fully saturated rings. The fourth-order valence-corrected chi connectivity index (χ4v) is 1.57. The number of aromatic nitrogens is 2. The number of hydrogen-bond donors (Lipinski definition) is 2. The maximum absolute atomic E-state index is 8.99. The fourth-order valence-electron chi connectivity index (χ4n) is 1.57. The third-order valence-corrected chi connectivity index (χ3v) is 2.46. The lowest BCUT2D eigenvalue weighted by molar-refractivity contribution is 0.297. The maximum Gasteiger partial charge on any atom is 0.322 e. The van der Waals surface area contributed by atoms with Gasteiger partial charge in [0.25, 0.3) is 0 Å². The van der Waals surface area contributed by atoms with Crippen LogP contribution in [0.5, 0.6) is 11.8 Å². The number of ether oxygens (including phenoxy) is 1. The van der Waals surface area contributed by atoms with Gasteiger partial charge in [0.1, 0.15) is 5.75 Å². The number of aliphatic hydroxyl groups is 1. The van der Waals surface area contributed by atoms with Crippen LogP contribution >= 0.6 is 0 Å². The zero-order valence-electron chi connectivity index (χ0n) is 9.91. The zero-order valence-corrected chi connectivity index (χ0v) is 9.91. The second-order valence-corrected chi connectivity index (χ2v) is 3.72. The van der Waals surface area contributed by atoms with E-state index >= 15 is 0 Å². The Morgan fingerprint density at radius 1 is 1.22 bits per heavy atom. The second kappa shape index (κ2) is 6.09. The van der Waals surface area contributed by atoms with E-state index in [2.05, 4.69) is 9.97 Å². The van der Waals surface area contributed by atoms with Gasteiger partial charge in [-0.15, -0.1) is 0 Å². The van der Waals surface area contributed by atoms with Crippen molar-refractivity contribution in [3.63, 3.8) is 0 Å². The minimum Gasteiger partial charge on any atom is -0.424 e. The van der Waals surface area contributed by atoms with Gasteiger partial charge in [-0.2, -0.15) is 4.98 Å². The summed E-state index contributed by atoms with van der Waals surface area (Å²) in [7, 11) is 0. The SMILES string of the molecule is NCc1ccnc(Oc2ccccc2CCO)n1. The summed E-state index contributed by atoms with van der Waals surface area (Å²) in [6.45, 7) is 0.418. The molecule has 0 saturated carbocycles. The molecule has 2 aromatic rings. The molecule has 1 heterocycles. The monoisotopic (exact) mass is 245 g/mol. The molecule has 0 spiro atoms. The second-order valence-electron chi connectivity index (χ2n) is 3.72. The van der Waals surface area contributed by atoms with Crippen LogP contribution in [0.15, 0.2) is 36.5 Å². The first kappa shape index (κ1) is 12.5. The van der Waals surface area contributed by atoms with Crippen molar-refractivity contribution < 1.29 is 9.84 Å². The summed E-state index contributed by atoms with van der Waals surface area (Å²) in [6.07, 6.45) is 2.14. The average Bonchev–Trinajstić information content (AvgIpc) is 2.41. The first-order valence-electron chi connectivity index (χ1n) is 5.72. The van der Waals surface area contributed by atoms with Gasteiger partial charge in [0.05, 0.1) is 5.69 Å². The highest BCUT2D eigenvalue weighted by Crippen LogP contribution is 2.22. The van der Waals surface area contributed by atoms with Gasteiger partial charge in [0.15, 0.2) is 0 Å². The number of hydrogen-bond acceptors (Lipinski definition) is 5. The molecule has 94 valence electrons. The van der Waals surface area contributed by atoms with E-state index in [9.17, 15) is 0 Å². The molecule has 18 heavy (non-hydrogen) atoms. The van der Waals surface area contributed by atoms with Crippen molar-refractivity contribution >= 4 is 0 Å². The molecule has 0 amide bonds. The van der Waals surface area contributed by atoms with E-state index < -0.39 is 0 Å². The molecule has 0 radical (unpaired) electrons. The molecule has 5 nitrogen and oxygen atoms in total. The highest BCUT2D eigenvalue weighted by atomic mass is 16.5. The predicted molar refractivity (Wildman–Crippen MR) is 67.2 cm³/mol. The molecule has 0 bridgehead atoms. The van der Waals surface area contributed by atoms with Crippen LogP contribution in [0.4, 0.5) is 0 Å². The number of nitrogens with zero attached hydrogens (tertiary/aromatic N) is 2. The largest absolute Gasteiger partial charge is 0.424 e. The number of aliphatic hydroxyl groups excluding tert-OH is 1. The molecular formula is C13H15N3O2. The van der Waals surface area contributed by atoms with E-state index in [0.29, 0.717) is 18.7 Å². The van der Waals surface area contributed by atoms with Crippen LogP contribution in [0.2, 0.25) is 0 Å². The van der Waals surface area contributed by atoms with Crippen molar-refractivity contribution in [1.29, 1.82) is 0 Å². The smallest absolute Gasteiger partial charge is 0.322 e. The van der Waals surface area contributed by atoms with Gasteiger partial charge in [-0.3, -0.25) is 0 Å². The minimum absolute atomic E-state index is 0.0735. The van der Waals surface area contributed by atoms with Gasteiger partial charge in [-0.25, -0.2) is 4.98 Å². The maximum atomic E-state index is 8.99. The summed E-state index contributed by atoms with van der Waals surface area (Å²) in [5, 5.41) is 8.99. The third kappa shape index (κ3) is 3.03. The highest BCUT2D eigenvalue weighted by Gasteiger charge is 2.06. The lowest BCUT2D eigenvalue weighted by Gasteiger charge is -2.09. The van der Waals surface area contributed by atoms with Crippen LogP contribution in [0, 0.1) is 0 Å². The molecular weight excluding hydrogens is 230 g/mol. The van der Waals surface area contributed by atoms with Crippen molar-refractivity contribution in [2.24, 2.45) is 5.73 Å². The Labute approximate surface area is 105 Å². The van der Waals surface area contributed by atoms with Gasteiger partial charge in [-0.05, 0) is 24.1 Å². The van der Waals surface area contributed by atoms with Crippen molar-refractivity contribution in [2.75, 3.05) is 6.61 Å². The van der Waals surface area contributed by atoms with E-state index in [4.69, 9.17) is 15.6 Å². The van der Waals surface area contributed by atoms with Gasteiger partial charge in [-0.1, -0.05) is 18.2 Å². The molecule has 0 saturated heterocycles. The average molecular weight is 245 g/mol. The minimum atomic E-state index is 0.0735. The predicted octanol–water partition coefficient (Wildman–Crippen LogP) is 1.26. The normalized spacial score (nSPS) is 10.3. The summed E-state index contributed by atoms with van der Waals surface area (Å²) in [5.74, 6) is 0.653. The van der Waals surface area contributed by atoms with E-state index in [1.807, 2.05) is 24.3 Å². The Morgan fingerprint density at radius 3 is 2.83 bits per heavy atom. The number of nitrogens with two attached hydrogens (primary N) is 1. The summed E-state index contributed by atoms with van der Waals surface area (Å²) in [5.41, 5.74) is 7.15. The number of rotatable bonds is 5. The molecule has 5 heteroatoms. The van der Waals surface area contributed by atoms with Gasteiger partial charge < -0.3 is 15.6 Å². The quantitative estimate of drug-likeness (QED) is 0.828. The fraction of sp³-hybridized carbons (Fsp3) is 0.231. The lowest BCUT2D eigenvalue weighted by Crippen LogP contribution is -2.02. The van der Waals surface area contributed by atoms with E-state index in [-0.39, 0.29) is 12.6 Å². The lowest BCUT2D eigenvalue weighted by atomic mass is 10.1. The molecule has 2 rings (SSSR count). The molecule has 1 aromatic carbocycles. The molecule has 3 N–H and O–H groups in total. The van der Waals surface area contributed by atoms with Gasteiger partial charge >= 0.3 is 6.01 Å². The molecule has 0 aliphatic rings. The highest BCUT2D eigenvalue weighted by molar-refractivity contribution is 5.35. The molecule has 0 atom stereocenters. The third-order valence-electron chi connectivity index (χ3n) is 2.46. The van der Waals surface area contributed by atoms with Crippen molar-refractivity contribution in [1.82, 2.24) is 9.97 Å². The van der Waals surface area contributed by atoms with E-state index in [1.54, 1.807) is 12.3 Å². The molecule has 0 aliphatic carbocycles. The first-order valence-corrected chi connectivity index (χ1v) is 5.72.